The van der Waals surface area contributed by atoms with Gasteiger partial charge in [-0.25, -0.2) is 42.0 Å². The van der Waals surface area contributed by atoms with E-state index in [9.17, 15) is 0 Å². The zero-order valence-electron chi connectivity index (χ0n) is 17.9. The zero-order valence-corrected chi connectivity index (χ0v) is 20.1. The molecule has 0 fully saturated rings. The monoisotopic (exact) mass is 468 g/mol. The van der Waals surface area contributed by atoms with Gasteiger partial charge in [0.25, 0.3) is 0 Å². The molecule has 0 saturated carbocycles. The van der Waals surface area contributed by atoms with Crippen LogP contribution in [-0.2, 0) is 52.4 Å². The molecule has 4 aromatic rings. The molecule has 0 spiro atoms. The van der Waals surface area contributed by atoms with Crippen molar-refractivity contribution in [1.29, 1.82) is 0 Å². The van der Waals surface area contributed by atoms with Gasteiger partial charge in [-0.1, -0.05) is 46.0 Å². The molecule has 0 aliphatic heterocycles. The Morgan fingerprint density at radius 3 is 1.76 bits per heavy atom. The molecule has 0 radical (unpaired) electrons. The molecule has 0 N–H and O–H groups in total. The Hall–Kier alpha value is -1.56. The normalized spacial score (nSPS) is 9.79. The first-order chi connectivity index (χ1) is 13.1. The molecule has 0 amide bonds. The van der Waals surface area contributed by atoms with E-state index in [0.29, 0.717) is 0 Å². The third kappa shape index (κ3) is 8.77. The minimum atomic E-state index is 0. The van der Waals surface area contributed by atoms with Gasteiger partial charge in [-0.15, -0.1) is 0 Å². The van der Waals surface area contributed by atoms with Crippen molar-refractivity contribution in [2.75, 3.05) is 0 Å². The summed E-state index contributed by atoms with van der Waals surface area (Å²) in [6.07, 6.45) is 2.24. The largest absolute Gasteiger partial charge is 2.00 e. The SMILES string of the molecule is CCc1cc[c-](C(C)(C)c2c[cH-]c(CC)c2)c1.[Fe+2].[Fe+2].c1cc[cH-]c1.c1cc[cH-]c1. The van der Waals surface area contributed by atoms with E-state index in [0.717, 1.165) is 12.8 Å². The molecular weight excluding hydrogens is 436 g/mol. The molecule has 4 aromatic carbocycles. The summed E-state index contributed by atoms with van der Waals surface area (Å²) in [5, 5.41) is 0. The smallest absolute Gasteiger partial charge is 0.214 e. The van der Waals surface area contributed by atoms with E-state index in [4.69, 9.17) is 0 Å². The molecule has 0 nitrogen and oxygen atoms in total. The van der Waals surface area contributed by atoms with Crippen LogP contribution in [0, 0.1) is 0 Å². The second kappa shape index (κ2) is 14.4. The number of hydrogen-bond donors (Lipinski definition) is 0. The molecule has 29 heavy (non-hydrogen) atoms. The van der Waals surface area contributed by atoms with Gasteiger partial charge in [-0.3, -0.25) is 0 Å². The van der Waals surface area contributed by atoms with Gasteiger partial charge < -0.3 is 0 Å². The predicted octanol–water partition coefficient (Wildman–Crippen LogP) is 7.38. The Kier molecular flexibility index (Phi) is 13.6. The van der Waals surface area contributed by atoms with E-state index in [1.165, 1.54) is 22.3 Å². The van der Waals surface area contributed by atoms with Gasteiger partial charge in [0.05, 0.1) is 0 Å². The van der Waals surface area contributed by atoms with Crippen LogP contribution in [-0.4, -0.2) is 0 Å². The van der Waals surface area contributed by atoms with Crippen LogP contribution in [0.3, 0.4) is 0 Å². The predicted molar refractivity (Wildman–Crippen MR) is 119 cm³/mol. The van der Waals surface area contributed by atoms with Gasteiger partial charge in [0.1, 0.15) is 0 Å². The molecule has 0 aliphatic rings. The standard InChI is InChI=1S/C17H22.2C5H5.2Fe/c1-5-13-7-9-15(11-13)17(3,4)16-10-8-14(6-2)12-16;2*1-2-4-5-3-1;;/h7-12H,5-6H2,1-4H3;2*1-5H;;/q-2;2*-1;2*+2. The summed E-state index contributed by atoms with van der Waals surface area (Å²) in [4.78, 5) is 0. The van der Waals surface area contributed by atoms with Gasteiger partial charge in [-0.2, -0.15) is 77.4 Å². The van der Waals surface area contributed by atoms with E-state index in [2.05, 4.69) is 64.1 Å². The summed E-state index contributed by atoms with van der Waals surface area (Å²) in [7, 11) is 0. The van der Waals surface area contributed by atoms with E-state index in [1.807, 2.05) is 60.7 Å². The van der Waals surface area contributed by atoms with E-state index in [1.54, 1.807) is 0 Å². The summed E-state index contributed by atoms with van der Waals surface area (Å²) < 4.78 is 0. The maximum atomic E-state index is 2.35. The van der Waals surface area contributed by atoms with Crippen molar-refractivity contribution in [1.82, 2.24) is 0 Å². The van der Waals surface area contributed by atoms with E-state index in [-0.39, 0.29) is 39.6 Å². The van der Waals surface area contributed by atoms with Crippen LogP contribution in [0.2, 0.25) is 0 Å². The van der Waals surface area contributed by atoms with Gasteiger partial charge in [0, 0.05) is 0 Å². The van der Waals surface area contributed by atoms with Crippen LogP contribution in [0.5, 0.6) is 0 Å². The van der Waals surface area contributed by atoms with Crippen LogP contribution >= 0.6 is 0 Å². The van der Waals surface area contributed by atoms with Crippen LogP contribution in [0.4, 0.5) is 0 Å². The Balaban J connectivity index is 0.000000537. The minimum Gasteiger partial charge on any atom is -0.214 e. The first-order valence-corrected chi connectivity index (χ1v) is 9.93. The quantitative estimate of drug-likeness (QED) is 0.217. The fourth-order valence-corrected chi connectivity index (χ4v) is 3.01. The van der Waals surface area contributed by atoms with E-state index < -0.39 is 0 Å². The number of rotatable bonds is 4. The van der Waals surface area contributed by atoms with Crippen molar-refractivity contribution in [3.8, 4) is 0 Å². The molecule has 0 unspecified atom stereocenters. The van der Waals surface area contributed by atoms with Crippen molar-refractivity contribution < 1.29 is 34.1 Å². The zero-order chi connectivity index (χ0) is 19.5. The van der Waals surface area contributed by atoms with Gasteiger partial charge in [-0.05, 0) is 0 Å². The molecule has 156 valence electrons. The maximum Gasteiger partial charge on any atom is 2.00 e. The van der Waals surface area contributed by atoms with Gasteiger partial charge in [0.15, 0.2) is 0 Å². The molecule has 2 heteroatoms. The molecule has 0 bridgehead atoms. The van der Waals surface area contributed by atoms with Crippen molar-refractivity contribution in [2.24, 2.45) is 0 Å². The Morgan fingerprint density at radius 2 is 1.41 bits per heavy atom. The first kappa shape index (κ1) is 27.4. The molecule has 0 aromatic heterocycles. The number of aryl methyl sites for hydroxylation is 2. The number of hydrogen-bond acceptors (Lipinski definition) is 0. The molecular formula is C27H32Fe2. The molecule has 0 aliphatic carbocycles. The molecule has 0 atom stereocenters. The Morgan fingerprint density at radius 1 is 0.862 bits per heavy atom. The third-order valence-corrected chi connectivity index (χ3v) is 5.01. The van der Waals surface area contributed by atoms with Gasteiger partial charge >= 0.3 is 34.1 Å². The molecule has 0 heterocycles. The van der Waals surface area contributed by atoms with E-state index >= 15 is 0 Å². The fourth-order valence-electron chi connectivity index (χ4n) is 3.01. The van der Waals surface area contributed by atoms with Crippen LogP contribution in [0.25, 0.3) is 0 Å². The summed E-state index contributed by atoms with van der Waals surface area (Å²) >= 11 is 0. The Labute approximate surface area is 198 Å². The molecule has 4 rings (SSSR count). The minimum absolute atomic E-state index is 0. The third-order valence-electron chi connectivity index (χ3n) is 5.01. The maximum absolute atomic E-state index is 2.35. The second-order valence-corrected chi connectivity index (χ2v) is 7.27. The van der Waals surface area contributed by atoms with Crippen LogP contribution < -0.4 is 0 Å². The van der Waals surface area contributed by atoms with Gasteiger partial charge in [0.2, 0.25) is 0 Å². The summed E-state index contributed by atoms with van der Waals surface area (Å²) in [6, 6.07) is 33.7. The summed E-state index contributed by atoms with van der Waals surface area (Å²) in [6.45, 7) is 9.06. The fraction of sp³-hybridized carbons (Fsp3) is 0.259. The topological polar surface area (TPSA) is 0 Å². The van der Waals surface area contributed by atoms with Crippen molar-refractivity contribution in [2.45, 2.75) is 46.0 Å². The van der Waals surface area contributed by atoms with Crippen molar-refractivity contribution in [3.05, 3.63) is 119 Å². The summed E-state index contributed by atoms with van der Waals surface area (Å²) in [5.74, 6) is 0. The van der Waals surface area contributed by atoms with Crippen LogP contribution in [0.1, 0.15) is 49.9 Å². The average molecular weight is 468 g/mol. The van der Waals surface area contributed by atoms with Crippen molar-refractivity contribution in [3.63, 3.8) is 0 Å². The first-order valence-electron chi connectivity index (χ1n) is 9.93. The Bertz CT molecular complexity index is 722. The average Bonchev–Trinajstić information content (AvgIpc) is 3.48. The molecule has 0 saturated heterocycles. The van der Waals surface area contributed by atoms with Crippen molar-refractivity contribution >= 4 is 0 Å². The van der Waals surface area contributed by atoms with Crippen LogP contribution in [0.15, 0.2) is 97.1 Å². The summed E-state index contributed by atoms with van der Waals surface area (Å²) in [5.41, 5.74) is 5.87. The second-order valence-electron chi connectivity index (χ2n) is 7.27.